The molecule has 1 saturated heterocycles. The molecule has 0 unspecified atom stereocenters. The number of fused-ring (bicyclic) bond motifs is 1. The molecule has 0 bridgehead atoms. The lowest BCUT2D eigenvalue weighted by Crippen LogP contribution is -2.48. The second kappa shape index (κ2) is 7.78. The topological polar surface area (TPSA) is 84.5 Å². The molecule has 10 heteroatoms. The lowest BCUT2D eigenvalue weighted by Gasteiger charge is -2.36. The van der Waals surface area contributed by atoms with Crippen molar-refractivity contribution in [2.75, 3.05) is 36.0 Å². The van der Waals surface area contributed by atoms with Crippen LogP contribution < -0.4 is 15.4 Å². The van der Waals surface area contributed by atoms with E-state index < -0.39 is 0 Å². The van der Waals surface area contributed by atoms with Gasteiger partial charge in [-0.3, -0.25) is 4.79 Å². The predicted molar refractivity (Wildman–Crippen MR) is 114 cm³/mol. The number of aromatic nitrogens is 6. The summed E-state index contributed by atoms with van der Waals surface area (Å²) in [6, 6.07) is 11.4. The smallest absolute Gasteiger partial charge is 0.267 e. The van der Waals surface area contributed by atoms with Crippen LogP contribution >= 0.6 is 0 Å². The highest BCUT2D eigenvalue weighted by molar-refractivity contribution is 5.49. The standard InChI is InChI=1S/C21H21FN8O/c1-15-12-19(30-21(25-15)23-14-24-30)28-10-8-27(9-11-28)18-6-7-20(31)29(26-18)13-16-2-4-17(22)5-3-16/h2-7,12,14H,8-11,13H2,1H3. The predicted octanol–water partition coefficient (Wildman–Crippen LogP) is 1.50. The van der Waals surface area contributed by atoms with Gasteiger partial charge in [0.05, 0.1) is 6.54 Å². The maximum atomic E-state index is 13.1. The molecule has 0 atom stereocenters. The molecule has 3 aromatic heterocycles. The zero-order valence-corrected chi connectivity index (χ0v) is 17.0. The Bertz CT molecular complexity index is 1270. The summed E-state index contributed by atoms with van der Waals surface area (Å²) in [6.07, 6.45) is 1.51. The third kappa shape index (κ3) is 3.83. The van der Waals surface area contributed by atoms with E-state index in [9.17, 15) is 9.18 Å². The van der Waals surface area contributed by atoms with Crippen LogP contribution in [0.1, 0.15) is 11.3 Å². The number of aryl methyl sites for hydroxylation is 1. The molecular formula is C21H21FN8O. The summed E-state index contributed by atoms with van der Waals surface area (Å²) in [5.41, 5.74) is 1.53. The first-order chi connectivity index (χ1) is 15.1. The number of rotatable bonds is 4. The lowest BCUT2D eigenvalue weighted by molar-refractivity contribution is 0.594. The Hall–Kier alpha value is -3.82. The zero-order valence-electron chi connectivity index (χ0n) is 17.0. The molecule has 1 aliphatic rings. The normalized spacial score (nSPS) is 14.4. The van der Waals surface area contributed by atoms with Gasteiger partial charge in [-0.1, -0.05) is 12.1 Å². The monoisotopic (exact) mass is 420 g/mol. The highest BCUT2D eigenvalue weighted by Crippen LogP contribution is 2.20. The van der Waals surface area contributed by atoms with Crippen LogP contribution in [0.15, 0.2) is 53.6 Å². The number of nitrogens with zero attached hydrogens (tertiary/aromatic N) is 8. The fourth-order valence-electron chi connectivity index (χ4n) is 3.78. The van der Waals surface area contributed by atoms with Crippen LogP contribution in [-0.4, -0.2) is 55.5 Å². The fourth-order valence-corrected chi connectivity index (χ4v) is 3.78. The zero-order chi connectivity index (χ0) is 21.4. The molecular weight excluding hydrogens is 399 g/mol. The minimum absolute atomic E-state index is 0.187. The van der Waals surface area contributed by atoms with Crippen molar-refractivity contribution in [1.29, 1.82) is 0 Å². The lowest BCUT2D eigenvalue weighted by atomic mass is 10.2. The van der Waals surface area contributed by atoms with Gasteiger partial charge in [-0.15, -0.1) is 0 Å². The molecule has 1 aromatic carbocycles. The van der Waals surface area contributed by atoms with Crippen molar-refractivity contribution >= 4 is 17.4 Å². The van der Waals surface area contributed by atoms with Crippen LogP contribution in [0.25, 0.3) is 5.78 Å². The van der Waals surface area contributed by atoms with Gasteiger partial charge in [0.25, 0.3) is 11.3 Å². The molecule has 1 aliphatic heterocycles. The Morgan fingerprint density at radius 2 is 1.74 bits per heavy atom. The van der Waals surface area contributed by atoms with E-state index in [1.165, 1.54) is 29.2 Å². The summed E-state index contributed by atoms with van der Waals surface area (Å²) >= 11 is 0. The van der Waals surface area contributed by atoms with Gasteiger partial charge in [-0.2, -0.15) is 19.7 Å². The third-order valence-electron chi connectivity index (χ3n) is 5.39. The molecule has 0 radical (unpaired) electrons. The second-order valence-corrected chi connectivity index (χ2v) is 7.52. The van der Waals surface area contributed by atoms with Gasteiger partial charge in [-0.25, -0.2) is 14.1 Å². The van der Waals surface area contributed by atoms with Crippen LogP contribution in [0.3, 0.4) is 0 Å². The van der Waals surface area contributed by atoms with E-state index in [1.54, 1.807) is 22.7 Å². The average molecular weight is 420 g/mol. The van der Waals surface area contributed by atoms with Gasteiger partial charge in [-0.05, 0) is 30.7 Å². The van der Waals surface area contributed by atoms with Crippen LogP contribution in [0, 0.1) is 12.7 Å². The van der Waals surface area contributed by atoms with Gasteiger partial charge in [0.2, 0.25) is 0 Å². The van der Waals surface area contributed by atoms with Crippen molar-refractivity contribution < 1.29 is 4.39 Å². The minimum Gasteiger partial charge on any atom is -0.353 e. The van der Waals surface area contributed by atoms with Gasteiger partial charge >= 0.3 is 0 Å². The van der Waals surface area contributed by atoms with Gasteiger partial charge in [0, 0.05) is 44.0 Å². The quantitative estimate of drug-likeness (QED) is 0.495. The Morgan fingerprint density at radius 1 is 1.00 bits per heavy atom. The first kappa shape index (κ1) is 19.2. The number of anilines is 2. The van der Waals surface area contributed by atoms with E-state index in [4.69, 9.17) is 0 Å². The molecule has 1 fully saturated rings. The minimum atomic E-state index is -0.303. The van der Waals surface area contributed by atoms with Crippen molar-refractivity contribution in [2.45, 2.75) is 13.5 Å². The first-order valence-electron chi connectivity index (χ1n) is 10.1. The maximum absolute atomic E-state index is 13.1. The Kier molecular flexibility index (Phi) is 4.81. The number of benzene rings is 1. The molecule has 158 valence electrons. The molecule has 4 aromatic rings. The number of halogens is 1. The molecule has 31 heavy (non-hydrogen) atoms. The molecule has 0 amide bonds. The van der Waals surface area contributed by atoms with E-state index in [1.807, 2.05) is 13.0 Å². The molecule has 0 aliphatic carbocycles. The summed E-state index contributed by atoms with van der Waals surface area (Å²) in [5, 5.41) is 8.84. The van der Waals surface area contributed by atoms with E-state index in [0.717, 1.165) is 49.1 Å². The van der Waals surface area contributed by atoms with E-state index in [0.29, 0.717) is 12.3 Å². The summed E-state index contributed by atoms with van der Waals surface area (Å²) < 4.78 is 16.3. The Morgan fingerprint density at radius 3 is 2.52 bits per heavy atom. The number of hydrogen-bond donors (Lipinski definition) is 0. The fraction of sp³-hybridized carbons (Fsp3) is 0.286. The summed E-state index contributed by atoms with van der Waals surface area (Å²) in [5.74, 6) is 2.00. The number of piperazine rings is 1. The molecule has 0 N–H and O–H groups in total. The van der Waals surface area contributed by atoms with Crippen molar-refractivity contribution in [2.24, 2.45) is 0 Å². The Balaban J connectivity index is 1.33. The average Bonchev–Trinajstić information content (AvgIpc) is 3.25. The molecule has 0 spiro atoms. The van der Waals surface area contributed by atoms with E-state index in [-0.39, 0.29) is 11.4 Å². The highest BCUT2D eigenvalue weighted by atomic mass is 19.1. The molecule has 9 nitrogen and oxygen atoms in total. The Labute approximate surface area is 177 Å². The van der Waals surface area contributed by atoms with Crippen molar-refractivity contribution in [3.05, 3.63) is 76.2 Å². The van der Waals surface area contributed by atoms with Crippen LogP contribution in [0.2, 0.25) is 0 Å². The van der Waals surface area contributed by atoms with Crippen LogP contribution in [0.4, 0.5) is 16.0 Å². The van der Waals surface area contributed by atoms with Gasteiger partial charge < -0.3 is 9.80 Å². The third-order valence-corrected chi connectivity index (χ3v) is 5.39. The van der Waals surface area contributed by atoms with Gasteiger partial charge in [0.1, 0.15) is 23.8 Å². The van der Waals surface area contributed by atoms with Crippen molar-refractivity contribution in [1.82, 2.24) is 29.4 Å². The maximum Gasteiger partial charge on any atom is 0.267 e. The van der Waals surface area contributed by atoms with E-state index in [2.05, 4.69) is 30.0 Å². The SMILES string of the molecule is Cc1cc(N2CCN(c3ccc(=O)n(Cc4ccc(F)cc4)n3)CC2)n2ncnc2n1. The largest absolute Gasteiger partial charge is 0.353 e. The summed E-state index contributed by atoms with van der Waals surface area (Å²) in [6.45, 7) is 5.29. The van der Waals surface area contributed by atoms with Gasteiger partial charge in [0.15, 0.2) is 0 Å². The van der Waals surface area contributed by atoms with Crippen molar-refractivity contribution in [3.8, 4) is 0 Å². The molecule has 0 saturated carbocycles. The van der Waals surface area contributed by atoms with E-state index >= 15 is 0 Å². The highest BCUT2D eigenvalue weighted by Gasteiger charge is 2.21. The number of hydrogen-bond acceptors (Lipinski definition) is 7. The molecule has 4 heterocycles. The van der Waals surface area contributed by atoms with Crippen LogP contribution in [-0.2, 0) is 6.54 Å². The molecule has 5 rings (SSSR count). The second-order valence-electron chi connectivity index (χ2n) is 7.52. The summed E-state index contributed by atoms with van der Waals surface area (Å²) in [4.78, 5) is 25.3. The van der Waals surface area contributed by atoms with Crippen molar-refractivity contribution in [3.63, 3.8) is 0 Å². The van der Waals surface area contributed by atoms with Crippen LogP contribution in [0.5, 0.6) is 0 Å². The summed E-state index contributed by atoms with van der Waals surface area (Å²) in [7, 11) is 0. The first-order valence-corrected chi connectivity index (χ1v) is 10.1.